The second-order valence-electron chi connectivity index (χ2n) is 7.39. The molecule has 1 fully saturated rings. The van der Waals surface area contributed by atoms with E-state index in [4.69, 9.17) is 9.15 Å². The van der Waals surface area contributed by atoms with Crippen molar-refractivity contribution < 1.29 is 23.5 Å². The summed E-state index contributed by atoms with van der Waals surface area (Å²) in [6, 6.07) is 2.41. The fourth-order valence-electron chi connectivity index (χ4n) is 3.21. The van der Waals surface area contributed by atoms with Gasteiger partial charge < -0.3 is 19.8 Å². The van der Waals surface area contributed by atoms with Crippen molar-refractivity contribution in [2.75, 3.05) is 6.61 Å². The molecule has 1 aromatic rings. The summed E-state index contributed by atoms with van der Waals surface area (Å²) in [4.78, 5) is 36.6. The second-order valence-corrected chi connectivity index (χ2v) is 7.39. The van der Waals surface area contributed by atoms with Crippen LogP contribution in [0.2, 0.25) is 0 Å². The third-order valence-corrected chi connectivity index (χ3v) is 4.77. The van der Waals surface area contributed by atoms with Crippen LogP contribution in [-0.2, 0) is 14.3 Å². The Kier molecular flexibility index (Phi) is 8.36. The standard InChI is InChI=1S/C20H30N2O5/c1-14(2)18(22-19(24)16-11-8-12-26-16)20(25)27-13-17(23)21-15-9-6-4-3-5-7-10-15/h8,11-12,14-15,18H,3-7,9-10,13H2,1-2H3,(H,21,23)(H,22,24). The van der Waals surface area contributed by atoms with Crippen molar-refractivity contribution in [3.05, 3.63) is 24.2 Å². The summed E-state index contributed by atoms with van der Waals surface area (Å²) in [5.74, 6) is -1.48. The van der Waals surface area contributed by atoms with Gasteiger partial charge in [0.2, 0.25) is 0 Å². The third-order valence-electron chi connectivity index (χ3n) is 4.77. The fraction of sp³-hybridized carbons (Fsp3) is 0.650. The molecule has 0 saturated heterocycles. The molecule has 27 heavy (non-hydrogen) atoms. The summed E-state index contributed by atoms with van der Waals surface area (Å²) in [6.07, 6.45) is 9.20. The maximum atomic E-state index is 12.3. The Hall–Kier alpha value is -2.31. The van der Waals surface area contributed by atoms with Crippen LogP contribution in [0.5, 0.6) is 0 Å². The minimum atomic E-state index is -0.850. The SMILES string of the molecule is CC(C)C(NC(=O)c1ccco1)C(=O)OCC(=O)NC1CCCCCCC1. The Bertz CT molecular complexity index is 604. The number of carbonyl (C=O) groups excluding carboxylic acids is 3. The molecule has 7 nitrogen and oxygen atoms in total. The molecule has 2 amide bonds. The maximum Gasteiger partial charge on any atom is 0.329 e. The molecular formula is C20H30N2O5. The van der Waals surface area contributed by atoms with E-state index < -0.39 is 17.9 Å². The topological polar surface area (TPSA) is 97.6 Å². The Morgan fingerprint density at radius 2 is 1.81 bits per heavy atom. The monoisotopic (exact) mass is 378 g/mol. The lowest BCUT2D eigenvalue weighted by molar-refractivity contribution is -0.151. The molecule has 150 valence electrons. The van der Waals surface area contributed by atoms with Crippen LogP contribution in [0.3, 0.4) is 0 Å². The molecule has 2 rings (SSSR count). The summed E-state index contributed by atoms with van der Waals surface area (Å²) < 4.78 is 10.2. The second kappa shape index (κ2) is 10.7. The van der Waals surface area contributed by atoms with E-state index in [9.17, 15) is 14.4 Å². The van der Waals surface area contributed by atoms with Crippen molar-refractivity contribution >= 4 is 17.8 Å². The molecule has 1 aromatic heterocycles. The zero-order chi connectivity index (χ0) is 19.6. The minimum absolute atomic E-state index is 0.121. The largest absolute Gasteiger partial charge is 0.459 e. The van der Waals surface area contributed by atoms with E-state index in [1.165, 1.54) is 31.6 Å². The Balaban J connectivity index is 1.80. The molecule has 7 heteroatoms. The van der Waals surface area contributed by atoms with Gasteiger partial charge in [-0.15, -0.1) is 0 Å². The van der Waals surface area contributed by atoms with Crippen molar-refractivity contribution in [2.24, 2.45) is 5.92 Å². The van der Waals surface area contributed by atoms with Crippen LogP contribution in [0.25, 0.3) is 0 Å². The van der Waals surface area contributed by atoms with Crippen molar-refractivity contribution in [1.29, 1.82) is 0 Å². The molecule has 0 aliphatic heterocycles. The van der Waals surface area contributed by atoms with Crippen molar-refractivity contribution in [3.8, 4) is 0 Å². The molecule has 0 spiro atoms. The van der Waals surface area contributed by atoms with Crippen LogP contribution < -0.4 is 10.6 Å². The van der Waals surface area contributed by atoms with Crippen LogP contribution in [0.1, 0.15) is 69.3 Å². The first-order valence-corrected chi connectivity index (χ1v) is 9.77. The molecule has 1 unspecified atom stereocenters. The number of furan rings is 1. The number of amides is 2. The average Bonchev–Trinajstić information content (AvgIpc) is 3.14. The van der Waals surface area contributed by atoms with Gasteiger partial charge in [0.15, 0.2) is 12.4 Å². The number of hydrogen-bond donors (Lipinski definition) is 2. The summed E-state index contributed by atoms with van der Waals surface area (Å²) in [5.41, 5.74) is 0. The highest BCUT2D eigenvalue weighted by Crippen LogP contribution is 2.17. The number of ether oxygens (including phenoxy) is 1. The minimum Gasteiger partial charge on any atom is -0.459 e. The molecule has 1 aliphatic rings. The van der Waals surface area contributed by atoms with E-state index in [0.717, 1.165) is 25.7 Å². The first-order valence-electron chi connectivity index (χ1n) is 9.77. The summed E-state index contributed by atoms with van der Waals surface area (Å²) >= 11 is 0. The van der Waals surface area contributed by atoms with Gasteiger partial charge in [0.05, 0.1) is 6.26 Å². The van der Waals surface area contributed by atoms with Gasteiger partial charge in [-0.25, -0.2) is 4.79 Å². The first kappa shape index (κ1) is 21.0. The van der Waals surface area contributed by atoms with Gasteiger partial charge in [0.1, 0.15) is 6.04 Å². The highest BCUT2D eigenvalue weighted by Gasteiger charge is 2.27. The van der Waals surface area contributed by atoms with Gasteiger partial charge in [-0.3, -0.25) is 9.59 Å². The number of hydrogen-bond acceptors (Lipinski definition) is 5. The molecular weight excluding hydrogens is 348 g/mol. The Morgan fingerprint density at radius 3 is 2.41 bits per heavy atom. The van der Waals surface area contributed by atoms with Crippen molar-refractivity contribution in [3.63, 3.8) is 0 Å². The van der Waals surface area contributed by atoms with E-state index >= 15 is 0 Å². The first-order chi connectivity index (χ1) is 13.0. The van der Waals surface area contributed by atoms with E-state index in [1.54, 1.807) is 19.9 Å². The quantitative estimate of drug-likeness (QED) is 0.711. The van der Waals surface area contributed by atoms with Crippen molar-refractivity contribution in [1.82, 2.24) is 10.6 Å². The molecule has 0 aromatic carbocycles. The smallest absolute Gasteiger partial charge is 0.329 e. The highest BCUT2D eigenvalue weighted by atomic mass is 16.5. The van der Waals surface area contributed by atoms with E-state index in [2.05, 4.69) is 10.6 Å². The lowest BCUT2D eigenvalue weighted by Gasteiger charge is -2.22. The van der Waals surface area contributed by atoms with Crippen LogP contribution in [0.15, 0.2) is 22.8 Å². The third kappa shape index (κ3) is 7.07. The zero-order valence-electron chi connectivity index (χ0n) is 16.2. The van der Waals surface area contributed by atoms with Crippen molar-refractivity contribution in [2.45, 2.75) is 70.9 Å². The number of nitrogens with one attached hydrogen (secondary N) is 2. The molecule has 1 atom stereocenters. The normalized spacial score (nSPS) is 16.9. The lowest BCUT2D eigenvalue weighted by Crippen LogP contribution is -2.46. The fourth-order valence-corrected chi connectivity index (χ4v) is 3.21. The van der Waals surface area contributed by atoms with Crippen LogP contribution in [0, 0.1) is 5.92 Å². The highest BCUT2D eigenvalue weighted by molar-refractivity contribution is 5.94. The number of rotatable bonds is 7. The van der Waals surface area contributed by atoms with Crippen LogP contribution in [0.4, 0.5) is 0 Å². The molecule has 0 bridgehead atoms. The number of carbonyl (C=O) groups is 3. The van der Waals surface area contributed by atoms with E-state index in [0.29, 0.717) is 0 Å². The predicted molar refractivity (Wildman–Crippen MR) is 100 cm³/mol. The number of esters is 1. The van der Waals surface area contributed by atoms with Gasteiger partial charge in [-0.05, 0) is 30.9 Å². The average molecular weight is 378 g/mol. The molecule has 1 heterocycles. The Labute approximate surface area is 160 Å². The lowest BCUT2D eigenvalue weighted by atomic mass is 9.97. The molecule has 0 radical (unpaired) electrons. The molecule has 1 aliphatic carbocycles. The van der Waals surface area contributed by atoms with E-state index in [1.807, 2.05) is 0 Å². The molecule has 1 saturated carbocycles. The van der Waals surface area contributed by atoms with E-state index in [-0.39, 0.29) is 30.2 Å². The zero-order valence-corrected chi connectivity index (χ0v) is 16.2. The van der Waals surface area contributed by atoms with Gasteiger partial charge in [0.25, 0.3) is 11.8 Å². The van der Waals surface area contributed by atoms with Gasteiger partial charge in [-0.2, -0.15) is 0 Å². The van der Waals surface area contributed by atoms with Crippen LogP contribution in [-0.4, -0.2) is 36.5 Å². The summed E-state index contributed by atoms with van der Waals surface area (Å²) in [6.45, 7) is 3.25. The summed E-state index contributed by atoms with van der Waals surface area (Å²) in [5, 5.41) is 5.55. The van der Waals surface area contributed by atoms with Crippen LogP contribution >= 0.6 is 0 Å². The predicted octanol–water partition coefficient (Wildman–Crippen LogP) is 2.81. The van der Waals surface area contributed by atoms with Gasteiger partial charge >= 0.3 is 5.97 Å². The molecule has 2 N–H and O–H groups in total. The Morgan fingerprint density at radius 1 is 1.15 bits per heavy atom. The summed E-state index contributed by atoms with van der Waals surface area (Å²) in [7, 11) is 0. The maximum absolute atomic E-state index is 12.3. The van der Waals surface area contributed by atoms with Gasteiger partial charge in [-0.1, -0.05) is 46.0 Å². The van der Waals surface area contributed by atoms with Gasteiger partial charge in [0, 0.05) is 6.04 Å².